The van der Waals surface area contributed by atoms with Gasteiger partial charge < -0.3 is 0 Å². The van der Waals surface area contributed by atoms with Crippen LogP contribution in [-0.4, -0.2) is 6.26 Å². The molecule has 0 unspecified atom stereocenters. The largest absolute Gasteiger partial charge is 0.192 e. The molecule has 0 heterocycles. The molecule has 0 spiro atoms. The lowest BCUT2D eigenvalue weighted by Crippen LogP contribution is -1.80. The third-order valence-electron chi connectivity index (χ3n) is 2.82. The summed E-state index contributed by atoms with van der Waals surface area (Å²) in [5.74, 6) is 11.9. The van der Waals surface area contributed by atoms with E-state index in [2.05, 4.69) is 35.8 Å². The van der Waals surface area contributed by atoms with E-state index in [4.69, 9.17) is 5.26 Å². The van der Waals surface area contributed by atoms with Crippen molar-refractivity contribution >= 4 is 11.8 Å². The third-order valence-corrected chi connectivity index (χ3v) is 3.61. The van der Waals surface area contributed by atoms with Crippen molar-refractivity contribution in [2.45, 2.75) is 4.90 Å². The van der Waals surface area contributed by atoms with Gasteiger partial charge in [0.05, 0.1) is 5.56 Å². The highest BCUT2D eigenvalue weighted by atomic mass is 32.2. The van der Waals surface area contributed by atoms with Gasteiger partial charge in [-0.25, -0.2) is 0 Å². The molecule has 104 valence electrons. The molecular formula is C20H13NS. The van der Waals surface area contributed by atoms with Crippen LogP contribution < -0.4 is 0 Å². The first kappa shape index (κ1) is 15.5. The number of hydrogen-bond donors (Lipinski definition) is 0. The minimum atomic E-state index is 0.586. The van der Waals surface area contributed by atoms with E-state index in [1.165, 1.54) is 0 Å². The molecule has 0 atom stereocenters. The summed E-state index contributed by atoms with van der Waals surface area (Å²) >= 11 is 1.68. The maximum absolute atomic E-state index is 8.97. The molecule has 2 heteroatoms. The molecule has 0 radical (unpaired) electrons. The molecule has 0 fully saturated rings. The zero-order valence-electron chi connectivity index (χ0n) is 12.1. The van der Waals surface area contributed by atoms with Crippen LogP contribution in [0.5, 0.6) is 0 Å². The number of benzene rings is 2. The van der Waals surface area contributed by atoms with Gasteiger partial charge in [0.2, 0.25) is 0 Å². The lowest BCUT2D eigenvalue weighted by atomic mass is 10.1. The highest BCUT2D eigenvalue weighted by Crippen LogP contribution is 2.18. The first-order valence-corrected chi connectivity index (χ1v) is 7.88. The van der Waals surface area contributed by atoms with Crippen LogP contribution in [0.2, 0.25) is 0 Å². The van der Waals surface area contributed by atoms with Crippen LogP contribution in [0.4, 0.5) is 0 Å². The van der Waals surface area contributed by atoms with Crippen molar-refractivity contribution in [1.82, 2.24) is 0 Å². The van der Waals surface area contributed by atoms with Crippen LogP contribution in [0.15, 0.2) is 65.6 Å². The van der Waals surface area contributed by atoms with E-state index in [1.807, 2.05) is 42.7 Å². The summed E-state index contributed by atoms with van der Waals surface area (Å²) in [6.45, 7) is 0. The van der Waals surface area contributed by atoms with Crippen LogP contribution in [-0.2, 0) is 0 Å². The molecule has 2 aromatic carbocycles. The van der Waals surface area contributed by atoms with Gasteiger partial charge in [-0.1, -0.05) is 47.9 Å². The summed E-state index contributed by atoms with van der Waals surface area (Å²) in [6, 6.07) is 17.4. The van der Waals surface area contributed by atoms with Crippen LogP contribution in [0.3, 0.4) is 0 Å². The van der Waals surface area contributed by atoms with Crippen molar-refractivity contribution in [2.75, 3.05) is 6.26 Å². The fourth-order valence-corrected chi connectivity index (χ4v) is 2.31. The first-order valence-electron chi connectivity index (χ1n) is 6.65. The Balaban J connectivity index is 2.08. The van der Waals surface area contributed by atoms with E-state index < -0.39 is 0 Å². The van der Waals surface area contributed by atoms with E-state index in [-0.39, 0.29) is 0 Å². The Hall–Kier alpha value is -2.86. The molecule has 2 rings (SSSR count). The monoisotopic (exact) mass is 299 g/mol. The second-order valence-electron chi connectivity index (χ2n) is 4.23. The highest BCUT2D eigenvalue weighted by Gasteiger charge is 1.95. The summed E-state index contributed by atoms with van der Waals surface area (Å²) in [5, 5.41) is 8.97. The van der Waals surface area contributed by atoms with Crippen molar-refractivity contribution in [3.05, 3.63) is 77.4 Å². The van der Waals surface area contributed by atoms with Crippen LogP contribution in [0.25, 0.3) is 0 Å². The van der Waals surface area contributed by atoms with Gasteiger partial charge in [0.15, 0.2) is 0 Å². The van der Waals surface area contributed by atoms with E-state index in [9.17, 15) is 0 Å². The lowest BCUT2D eigenvalue weighted by molar-refractivity contribution is 1.42. The van der Waals surface area contributed by atoms with E-state index >= 15 is 0 Å². The SMILES string of the molecule is CSc1ccccc1C#C/C=C\C#Cc1ccccc1C#N. The van der Waals surface area contributed by atoms with Crippen molar-refractivity contribution < 1.29 is 0 Å². The van der Waals surface area contributed by atoms with Crippen molar-refractivity contribution in [3.8, 4) is 29.8 Å². The van der Waals surface area contributed by atoms with E-state index in [1.54, 1.807) is 30.0 Å². The highest BCUT2D eigenvalue weighted by molar-refractivity contribution is 7.98. The number of allylic oxidation sites excluding steroid dienone is 2. The standard InChI is InChI=1S/C20H13NS/c1-22-20-15-9-8-13-18(20)12-5-3-2-4-10-17-11-6-7-14-19(17)16-21/h2-3,6-9,11,13-15H,1H3/b3-2-. The van der Waals surface area contributed by atoms with Crippen LogP contribution >= 0.6 is 11.8 Å². The Morgan fingerprint density at radius 1 is 0.818 bits per heavy atom. The molecule has 0 saturated heterocycles. The summed E-state index contributed by atoms with van der Waals surface area (Å²) in [6.07, 6.45) is 5.45. The van der Waals surface area contributed by atoms with E-state index in [0.717, 1.165) is 16.0 Å². The number of nitrogens with zero attached hydrogens (tertiary/aromatic N) is 1. The van der Waals surface area contributed by atoms with E-state index in [0.29, 0.717) is 5.56 Å². The molecule has 0 aliphatic heterocycles. The second-order valence-corrected chi connectivity index (χ2v) is 5.08. The Morgan fingerprint density at radius 2 is 1.36 bits per heavy atom. The Kier molecular flexibility index (Phi) is 5.95. The first-order chi connectivity index (χ1) is 10.8. The predicted molar refractivity (Wildman–Crippen MR) is 92.3 cm³/mol. The fraction of sp³-hybridized carbons (Fsp3) is 0.0500. The molecule has 2 aromatic rings. The smallest absolute Gasteiger partial charge is 0.100 e. The maximum Gasteiger partial charge on any atom is 0.100 e. The molecule has 0 bridgehead atoms. The zero-order chi connectivity index (χ0) is 15.6. The van der Waals surface area contributed by atoms with Gasteiger partial charge >= 0.3 is 0 Å². The average molecular weight is 299 g/mol. The molecule has 0 aliphatic rings. The van der Waals surface area contributed by atoms with Gasteiger partial charge in [-0.3, -0.25) is 0 Å². The molecule has 22 heavy (non-hydrogen) atoms. The van der Waals surface area contributed by atoms with Crippen LogP contribution in [0, 0.1) is 35.0 Å². The summed E-state index contributed by atoms with van der Waals surface area (Å²) in [7, 11) is 0. The Bertz CT molecular complexity index is 849. The number of nitriles is 1. The number of rotatable bonds is 1. The quantitative estimate of drug-likeness (QED) is 0.581. The minimum Gasteiger partial charge on any atom is -0.192 e. The lowest BCUT2D eigenvalue weighted by Gasteiger charge is -1.97. The van der Waals surface area contributed by atoms with Gasteiger partial charge in [-0.2, -0.15) is 5.26 Å². The molecule has 0 saturated carbocycles. The molecule has 0 aliphatic carbocycles. The third kappa shape index (κ3) is 4.32. The number of thioether (sulfide) groups is 1. The van der Waals surface area contributed by atoms with Crippen molar-refractivity contribution in [1.29, 1.82) is 5.26 Å². The van der Waals surface area contributed by atoms with Crippen molar-refractivity contribution in [2.24, 2.45) is 0 Å². The van der Waals surface area contributed by atoms with Gasteiger partial charge in [-0.05, 0) is 42.7 Å². The summed E-state index contributed by atoms with van der Waals surface area (Å²) in [5.41, 5.74) is 2.33. The molecule has 1 nitrogen and oxygen atoms in total. The molecular weight excluding hydrogens is 286 g/mol. The van der Waals surface area contributed by atoms with Crippen LogP contribution in [0.1, 0.15) is 16.7 Å². The molecule has 0 aromatic heterocycles. The molecule has 0 N–H and O–H groups in total. The summed E-state index contributed by atoms with van der Waals surface area (Å²) < 4.78 is 0. The Morgan fingerprint density at radius 3 is 2.00 bits per heavy atom. The number of hydrogen-bond acceptors (Lipinski definition) is 2. The topological polar surface area (TPSA) is 23.8 Å². The Labute approximate surface area is 135 Å². The van der Waals surface area contributed by atoms with Gasteiger partial charge in [-0.15, -0.1) is 11.8 Å². The minimum absolute atomic E-state index is 0.586. The van der Waals surface area contributed by atoms with Gasteiger partial charge in [0.1, 0.15) is 6.07 Å². The maximum atomic E-state index is 8.97. The average Bonchev–Trinajstić information content (AvgIpc) is 2.58. The zero-order valence-corrected chi connectivity index (χ0v) is 12.9. The normalized spacial score (nSPS) is 9.27. The van der Waals surface area contributed by atoms with Gasteiger partial charge in [0.25, 0.3) is 0 Å². The predicted octanol–water partition coefficient (Wildman–Crippen LogP) is 4.24. The van der Waals surface area contributed by atoms with Crippen molar-refractivity contribution in [3.63, 3.8) is 0 Å². The van der Waals surface area contributed by atoms with Gasteiger partial charge in [0, 0.05) is 16.0 Å². The fourth-order valence-electron chi connectivity index (χ4n) is 1.76. The molecule has 0 amide bonds. The second kappa shape index (κ2) is 8.43. The summed E-state index contributed by atoms with van der Waals surface area (Å²) in [4.78, 5) is 1.16.